The molecule has 2 rings (SSSR count). The van der Waals surface area contributed by atoms with E-state index in [-0.39, 0.29) is 5.97 Å². The van der Waals surface area contributed by atoms with Crippen molar-refractivity contribution in [1.29, 1.82) is 0 Å². The molecule has 0 saturated heterocycles. The molecule has 16 heavy (non-hydrogen) atoms. The van der Waals surface area contributed by atoms with E-state index in [1.165, 1.54) is 23.9 Å². The van der Waals surface area contributed by atoms with E-state index < -0.39 is 0 Å². The number of ether oxygens (including phenoxy) is 1. The van der Waals surface area contributed by atoms with E-state index in [1.54, 1.807) is 0 Å². The summed E-state index contributed by atoms with van der Waals surface area (Å²) in [5.74, 6) is -0.122. The van der Waals surface area contributed by atoms with Gasteiger partial charge in [0.05, 0.1) is 7.11 Å². The third-order valence-corrected chi connectivity index (χ3v) is 2.95. The number of nitrogens with one attached hydrogen (secondary N) is 1. The maximum absolute atomic E-state index is 11.0. The molecule has 1 aromatic rings. The highest BCUT2D eigenvalue weighted by Crippen LogP contribution is 2.23. The molecule has 0 saturated carbocycles. The maximum atomic E-state index is 11.0. The van der Waals surface area contributed by atoms with Crippen molar-refractivity contribution in [1.82, 2.24) is 0 Å². The smallest absolute Gasteiger partial charge is 0.305 e. The predicted molar refractivity (Wildman–Crippen MR) is 63.6 cm³/mol. The third kappa shape index (κ3) is 2.54. The van der Waals surface area contributed by atoms with E-state index in [4.69, 9.17) is 0 Å². The first-order valence-corrected chi connectivity index (χ1v) is 5.72. The number of anilines is 1. The monoisotopic (exact) mass is 219 g/mol. The molecule has 3 nitrogen and oxygen atoms in total. The average Bonchev–Trinajstić information content (AvgIpc) is 2.76. The van der Waals surface area contributed by atoms with Gasteiger partial charge in [0.2, 0.25) is 0 Å². The number of hydrogen-bond donors (Lipinski definition) is 1. The Kier molecular flexibility index (Phi) is 3.44. The Bertz CT molecular complexity index is 388. The van der Waals surface area contributed by atoms with Crippen molar-refractivity contribution in [3.05, 3.63) is 29.3 Å². The van der Waals surface area contributed by atoms with Gasteiger partial charge in [-0.25, -0.2) is 0 Å². The van der Waals surface area contributed by atoms with Crippen molar-refractivity contribution in [2.75, 3.05) is 19.0 Å². The standard InChI is InChI=1S/C13H17NO2/c1-16-13(15)4-2-3-10-5-6-12-11(9-10)7-8-14-12/h5-6,9,14H,2-4,7-8H2,1H3. The number of esters is 1. The first-order valence-electron chi connectivity index (χ1n) is 5.72. The summed E-state index contributed by atoms with van der Waals surface area (Å²) >= 11 is 0. The summed E-state index contributed by atoms with van der Waals surface area (Å²) in [6.45, 7) is 1.04. The second-order valence-electron chi connectivity index (χ2n) is 4.10. The minimum atomic E-state index is -0.122. The van der Waals surface area contributed by atoms with Crippen molar-refractivity contribution in [3.63, 3.8) is 0 Å². The van der Waals surface area contributed by atoms with Gasteiger partial charge in [0.15, 0.2) is 0 Å². The summed E-state index contributed by atoms with van der Waals surface area (Å²) in [5.41, 5.74) is 3.97. The van der Waals surface area contributed by atoms with Gasteiger partial charge in [-0.15, -0.1) is 0 Å². The van der Waals surface area contributed by atoms with E-state index in [2.05, 4.69) is 28.3 Å². The molecule has 0 aliphatic carbocycles. The van der Waals surface area contributed by atoms with Crippen LogP contribution in [-0.2, 0) is 22.4 Å². The largest absolute Gasteiger partial charge is 0.469 e. The number of methoxy groups -OCH3 is 1. The van der Waals surface area contributed by atoms with Crippen LogP contribution in [-0.4, -0.2) is 19.6 Å². The second kappa shape index (κ2) is 5.01. The van der Waals surface area contributed by atoms with Gasteiger partial charge in [-0.05, 0) is 36.5 Å². The lowest BCUT2D eigenvalue weighted by Gasteiger charge is -2.04. The van der Waals surface area contributed by atoms with E-state index in [9.17, 15) is 4.79 Å². The first-order chi connectivity index (χ1) is 7.79. The number of fused-ring (bicyclic) bond motifs is 1. The molecule has 1 aromatic carbocycles. The summed E-state index contributed by atoms with van der Waals surface area (Å²) in [5, 5.41) is 3.34. The number of benzene rings is 1. The average molecular weight is 219 g/mol. The van der Waals surface area contributed by atoms with Crippen LogP contribution in [0, 0.1) is 0 Å². The van der Waals surface area contributed by atoms with Crippen LogP contribution in [0.2, 0.25) is 0 Å². The van der Waals surface area contributed by atoms with Crippen LogP contribution in [0.25, 0.3) is 0 Å². The lowest BCUT2D eigenvalue weighted by molar-refractivity contribution is -0.140. The predicted octanol–water partition coefficient (Wildman–Crippen LogP) is 2.15. The Balaban J connectivity index is 1.88. The molecule has 0 amide bonds. The number of carbonyl (C=O) groups is 1. The van der Waals surface area contributed by atoms with Gasteiger partial charge in [-0.1, -0.05) is 12.1 Å². The highest BCUT2D eigenvalue weighted by Gasteiger charge is 2.09. The van der Waals surface area contributed by atoms with E-state index in [0.29, 0.717) is 6.42 Å². The zero-order valence-corrected chi connectivity index (χ0v) is 9.58. The van der Waals surface area contributed by atoms with E-state index in [1.807, 2.05) is 0 Å². The Morgan fingerprint density at radius 1 is 1.50 bits per heavy atom. The summed E-state index contributed by atoms with van der Waals surface area (Å²) in [7, 11) is 1.43. The molecule has 1 N–H and O–H groups in total. The Morgan fingerprint density at radius 3 is 3.19 bits per heavy atom. The van der Waals surface area contributed by atoms with Crippen LogP contribution in [0.5, 0.6) is 0 Å². The Hall–Kier alpha value is -1.51. The lowest BCUT2D eigenvalue weighted by Crippen LogP contribution is -2.00. The molecule has 3 heteroatoms. The topological polar surface area (TPSA) is 38.3 Å². The molecule has 1 aliphatic rings. The van der Waals surface area contributed by atoms with Crippen molar-refractivity contribution >= 4 is 11.7 Å². The van der Waals surface area contributed by atoms with Crippen LogP contribution in [0.3, 0.4) is 0 Å². The van der Waals surface area contributed by atoms with Gasteiger partial charge in [-0.3, -0.25) is 4.79 Å². The molecule has 0 fully saturated rings. The zero-order chi connectivity index (χ0) is 11.4. The Labute approximate surface area is 95.8 Å². The fourth-order valence-corrected chi connectivity index (χ4v) is 2.05. The number of aryl methyl sites for hydroxylation is 1. The molecule has 0 bridgehead atoms. The minimum Gasteiger partial charge on any atom is -0.469 e. The van der Waals surface area contributed by atoms with Crippen molar-refractivity contribution < 1.29 is 9.53 Å². The second-order valence-corrected chi connectivity index (χ2v) is 4.10. The summed E-state index contributed by atoms with van der Waals surface area (Å²) in [4.78, 5) is 11.0. The van der Waals surface area contributed by atoms with Crippen molar-refractivity contribution in [2.45, 2.75) is 25.7 Å². The van der Waals surface area contributed by atoms with Crippen LogP contribution >= 0.6 is 0 Å². The molecular formula is C13H17NO2. The normalized spacial score (nSPS) is 13.1. The van der Waals surface area contributed by atoms with E-state index >= 15 is 0 Å². The maximum Gasteiger partial charge on any atom is 0.305 e. The molecule has 0 aromatic heterocycles. The summed E-state index contributed by atoms with van der Waals surface area (Å²) < 4.78 is 4.61. The number of hydrogen-bond acceptors (Lipinski definition) is 3. The zero-order valence-electron chi connectivity index (χ0n) is 9.58. The molecule has 0 spiro atoms. The fourth-order valence-electron chi connectivity index (χ4n) is 2.05. The Morgan fingerprint density at radius 2 is 2.38 bits per heavy atom. The molecule has 0 unspecified atom stereocenters. The van der Waals surface area contributed by atoms with Gasteiger partial charge < -0.3 is 10.1 Å². The fraction of sp³-hybridized carbons (Fsp3) is 0.462. The molecule has 1 aliphatic heterocycles. The molecule has 86 valence electrons. The van der Waals surface area contributed by atoms with E-state index in [0.717, 1.165) is 25.8 Å². The van der Waals surface area contributed by atoms with Gasteiger partial charge in [0.1, 0.15) is 0 Å². The van der Waals surface area contributed by atoms with Crippen LogP contribution < -0.4 is 5.32 Å². The number of rotatable bonds is 4. The first kappa shape index (κ1) is 11.0. The van der Waals surface area contributed by atoms with Gasteiger partial charge >= 0.3 is 5.97 Å². The summed E-state index contributed by atoms with van der Waals surface area (Å²) in [6, 6.07) is 6.51. The molecule has 0 radical (unpaired) electrons. The molecular weight excluding hydrogens is 202 g/mol. The lowest BCUT2D eigenvalue weighted by atomic mass is 10.0. The number of carbonyl (C=O) groups excluding carboxylic acids is 1. The minimum absolute atomic E-state index is 0.122. The molecule has 1 heterocycles. The van der Waals surface area contributed by atoms with Gasteiger partial charge in [0, 0.05) is 18.7 Å². The highest BCUT2D eigenvalue weighted by atomic mass is 16.5. The van der Waals surface area contributed by atoms with Crippen molar-refractivity contribution in [3.8, 4) is 0 Å². The SMILES string of the molecule is COC(=O)CCCc1ccc2c(c1)CCN2. The molecule has 0 atom stereocenters. The quantitative estimate of drug-likeness (QED) is 0.788. The summed E-state index contributed by atoms with van der Waals surface area (Å²) in [6.07, 6.45) is 3.42. The van der Waals surface area contributed by atoms with Crippen LogP contribution in [0.15, 0.2) is 18.2 Å². The van der Waals surface area contributed by atoms with Crippen LogP contribution in [0.4, 0.5) is 5.69 Å². The van der Waals surface area contributed by atoms with Gasteiger partial charge in [0.25, 0.3) is 0 Å². The third-order valence-electron chi connectivity index (χ3n) is 2.95. The van der Waals surface area contributed by atoms with Crippen LogP contribution in [0.1, 0.15) is 24.0 Å². The highest BCUT2D eigenvalue weighted by molar-refractivity contribution is 5.69. The van der Waals surface area contributed by atoms with Crippen molar-refractivity contribution in [2.24, 2.45) is 0 Å². The van der Waals surface area contributed by atoms with Gasteiger partial charge in [-0.2, -0.15) is 0 Å².